The van der Waals surface area contributed by atoms with Crippen molar-refractivity contribution < 1.29 is 24.2 Å². The Morgan fingerprint density at radius 1 is 1.03 bits per heavy atom. The number of nitrogens with zero attached hydrogens (tertiary/aromatic N) is 2. The summed E-state index contributed by atoms with van der Waals surface area (Å²) >= 11 is 0. The van der Waals surface area contributed by atoms with Crippen molar-refractivity contribution >= 4 is 28.8 Å². The van der Waals surface area contributed by atoms with E-state index in [1.54, 1.807) is 37.4 Å². The van der Waals surface area contributed by atoms with E-state index in [-0.39, 0.29) is 11.3 Å². The molecule has 7 nitrogen and oxygen atoms in total. The number of likely N-dealkylation sites (N-methyl/N-ethyl adjacent to an activating group) is 1. The molecule has 36 heavy (non-hydrogen) atoms. The quantitative estimate of drug-likeness (QED) is 0.327. The maximum atomic E-state index is 13.5. The molecule has 2 heterocycles. The molecule has 1 unspecified atom stereocenters. The highest BCUT2D eigenvalue weighted by Gasteiger charge is 2.47. The number of hydrogen-bond acceptors (Lipinski definition) is 6. The van der Waals surface area contributed by atoms with Crippen LogP contribution in [0, 0.1) is 13.8 Å². The monoisotopic (exact) mass is 484 g/mol. The third-order valence-corrected chi connectivity index (χ3v) is 7.02. The minimum Gasteiger partial charge on any atom is -0.507 e. The highest BCUT2D eigenvalue weighted by Crippen LogP contribution is 2.44. The Morgan fingerprint density at radius 2 is 1.81 bits per heavy atom. The fourth-order valence-corrected chi connectivity index (χ4v) is 4.86. The molecule has 1 atom stereocenters. The summed E-state index contributed by atoms with van der Waals surface area (Å²) in [7, 11) is 3.51. The van der Waals surface area contributed by atoms with Gasteiger partial charge in [0, 0.05) is 18.3 Å². The Balaban J connectivity index is 1.73. The zero-order chi connectivity index (χ0) is 25.6. The minimum absolute atomic E-state index is 0.0356. The molecule has 1 N–H and O–H groups in total. The van der Waals surface area contributed by atoms with Crippen molar-refractivity contribution in [3.63, 3.8) is 0 Å². The van der Waals surface area contributed by atoms with Crippen molar-refractivity contribution in [1.82, 2.24) is 0 Å². The fourth-order valence-electron chi connectivity index (χ4n) is 4.86. The molecular weight excluding hydrogens is 456 g/mol. The standard InChI is InChI=1S/C29H28N2O5/c1-17-7-5-10-22(18(17)2)31-26(19-8-6-9-21(15-19)35-4)25(28(33)29(31)34)27(32)20-11-12-24-23(16-20)30(3)13-14-36-24/h5-12,15-16,26,32H,13-14H2,1-4H3/b27-25-. The molecule has 0 bridgehead atoms. The summed E-state index contributed by atoms with van der Waals surface area (Å²) in [6.07, 6.45) is 0. The molecule has 0 aliphatic carbocycles. The van der Waals surface area contributed by atoms with Crippen molar-refractivity contribution in [3.05, 3.63) is 88.5 Å². The number of aliphatic hydroxyl groups is 1. The average molecular weight is 485 g/mol. The molecule has 1 fully saturated rings. The van der Waals surface area contributed by atoms with E-state index in [0.29, 0.717) is 41.5 Å². The second-order valence-corrected chi connectivity index (χ2v) is 9.12. The van der Waals surface area contributed by atoms with Crippen LogP contribution in [0.1, 0.15) is 28.3 Å². The van der Waals surface area contributed by atoms with Gasteiger partial charge >= 0.3 is 0 Å². The third-order valence-electron chi connectivity index (χ3n) is 7.02. The van der Waals surface area contributed by atoms with Crippen LogP contribution in [0.4, 0.5) is 11.4 Å². The lowest BCUT2D eigenvalue weighted by Crippen LogP contribution is -2.30. The van der Waals surface area contributed by atoms with Gasteiger partial charge in [0.05, 0.1) is 31.0 Å². The fraction of sp³-hybridized carbons (Fsp3) is 0.241. The number of ketones is 1. The van der Waals surface area contributed by atoms with E-state index in [9.17, 15) is 14.7 Å². The van der Waals surface area contributed by atoms with E-state index in [2.05, 4.69) is 0 Å². The number of amides is 1. The van der Waals surface area contributed by atoms with Gasteiger partial charge in [-0.2, -0.15) is 0 Å². The van der Waals surface area contributed by atoms with Crippen LogP contribution in [-0.4, -0.2) is 44.1 Å². The molecule has 5 rings (SSSR count). The van der Waals surface area contributed by atoms with Crippen LogP contribution in [-0.2, 0) is 9.59 Å². The molecule has 1 amide bonds. The lowest BCUT2D eigenvalue weighted by molar-refractivity contribution is -0.132. The van der Waals surface area contributed by atoms with E-state index >= 15 is 0 Å². The van der Waals surface area contributed by atoms with Crippen LogP contribution in [0.15, 0.2) is 66.2 Å². The van der Waals surface area contributed by atoms with Gasteiger partial charge in [-0.3, -0.25) is 14.5 Å². The van der Waals surface area contributed by atoms with Crippen LogP contribution >= 0.6 is 0 Å². The Bertz CT molecular complexity index is 1410. The zero-order valence-electron chi connectivity index (χ0n) is 20.7. The van der Waals surface area contributed by atoms with E-state index in [1.165, 1.54) is 4.90 Å². The van der Waals surface area contributed by atoms with Gasteiger partial charge in [-0.05, 0) is 66.9 Å². The van der Waals surface area contributed by atoms with E-state index in [4.69, 9.17) is 9.47 Å². The molecule has 184 valence electrons. The Morgan fingerprint density at radius 3 is 2.58 bits per heavy atom. The van der Waals surface area contributed by atoms with Gasteiger partial charge in [0.25, 0.3) is 11.7 Å². The second-order valence-electron chi connectivity index (χ2n) is 9.12. The number of aryl methyl sites for hydroxylation is 1. The molecule has 1 saturated heterocycles. The Kier molecular flexibility index (Phi) is 5.92. The number of Topliss-reactive ketones (excluding diaryl/α,β-unsaturated/α-hetero) is 1. The normalized spacial score (nSPS) is 18.7. The lowest BCUT2D eigenvalue weighted by Gasteiger charge is -2.29. The number of benzene rings is 3. The minimum atomic E-state index is -0.828. The topological polar surface area (TPSA) is 79.3 Å². The predicted molar refractivity (Wildman–Crippen MR) is 139 cm³/mol. The summed E-state index contributed by atoms with van der Waals surface area (Å²) < 4.78 is 11.1. The summed E-state index contributed by atoms with van der Waals surface area (Å²) in [6, 6.07) is 17.3. The molecule has 0 saturated carbocycles. The molecule has 2 aliphatic heterocycles. The molecule has 2 aliphatic rings. The van der Waals surface area contributed by atoms with Gasteiger partial charge in [0.2, 0.25) is 0 Å². The SMILES string of the molecule is COc1cccc(C2/C(=C(/O)c3ccc4c(c3)N(C)CCO4)C(=O)C(=O)N2c2cccc(C)c2C)c1. The van der Waals surface area contributed by atoms with Crippen LogP contribution in [0.2, 0.25) is 0 Å². The first-order valence-corrected chi connectivity index (χ1v) is 11.8. The Hall–Kier alpha value is -4.26. The number of carbonyl (C=O) groups is 2. The van der Waals surface area contributed by atoms with E-state index in [1.807, 2.05) is 56.1 Å². The van der Waals surface area contributed by atoms with Gasteiger partial charge in [0.15, 0.2) is 0 Å². The molecule has 3 aromatic rings. The number of methoxy groups -OCH3 is 1. The molecular formula is C29H28N2O5. The van der Waals surface area contributed by atoms with Crippen LogP contribution < -0.4 is 19.3 Å². The van der Waals surface area contributed by atoms with Crippen LogP contribution in [0.5, 0.6) is 11.5 Å². The summed E-state index contributed by atoms with van der Waals surface area (Å²) in [6.45, 7) is 5.16. The maximum absolute atomic E-state index is 13.5. The summed E-state index contributed by atoms with van der Waals surface area (Å²) in [4.78, 5) is 30.5. The van der Waals surface area contributed by atoms with Crippen molar-refractivity contribution in [2.24, 2.45) is 0 Å². The van der Waals surface area contributed by atoms with E-state index in [0.717, 1.165) is 16.8 Å². The largest absolute Gasteiger partial charge is 0.507 e. The van der Waals surface area contributed by atoms with Gasteiger partial charge in [-0.15, -0.1) is 0 Å². The first-order valence-electron chi connectivity index (χ1n) is 11.8. The zero-order valence-corrected chi connectivity index (χ0v) is 20.7. The smallest absolute Gasteiger partial charge is 0.300 e. The van der Waals surface area contributed by atoms with Gasteiger partial charge in [0.1, 0.15) is 23.9 Å². The number of carbonyl (C=O) groups excluding carboxylic acids is 2. The van der Waals surface area contributed by atoms with Crippen molar-refractivity contribution in [2.45, 2.75) is 19.9 Å². The number of hydrogen-bond donors (Lipinski definition) is 1. The van der Waals surface area contributed by atoms with Crippen molar-refractivity contribution in [3.8, 4) is 11.5 Å². The Labute approximate surface area is 210 Å². The molecule has 7 heteroatoms. The maximum Gasteiger partial charge on any atom is 0.300 e. The van der Waals surface area contributed by atoms with Gasteiger partial charge < -0.3 is 19.5 Å². The molecule has 0 spiro atoms. The highest BCUT2D eigenvalue weighted by atomic mass is 16.5. The summed E-state index contributed by atoms with van der Waals surface area (Å²) in [5.74, 6) is -0.345. The average Bonchev–Trinajstić information content (AvgIpc) is 3.15. The third kappa shape index (κ3) is 3.77. The van der Waals surface area contributed by atoms with Crippen LogP contribution in [0.25, 0.3) is 5.76 Å². The number of aliphatic hydroxyl groups excluding tert-OH is 1. The molecule has 0 aromatic heterocycles. The van der Waals surface area contributed by atoms with Crippen LogP contribution in [0.3, 0.4) is 0 Å². The second kappa shape index (κ2) is 9.07. The van der Waals surface area contributed by atoms with E-state index < -0.39 is 17.7 Å². The van der Waals surface area contributed by atoms with Gasteiger partial charge in [-0.1, -0.05) is 24.3 Å². The first kappa shape index (κ1) is 23.5. The number of ether oxygens (including phenoxy) is 2. The van der Waals surface area contributed by atoms with Crippen molar-refractivity contribution in [1.29, 1.82) is 0 Å². The lowest BCUT2D eigenvalue weighted by atomic mass is 9.94. The first-order chi connectivity index (χ1) is 17.3. The number of fused-ring (bicyclic) bond motifs is 1. The number of anilines is 2. The summed E-state index contributed by atoms with van der Waals surface area (Å²) in [5, 5.41) is 11.5. The predicted octanol–water partition coefficient (Wildman–Crippen LogP) is 4.77. The molecule has 0 radical (unpaired) electrons. The molecule has 3 aromatic carbocycles. The summed E-state index contributed by atoms with van der Waals surface area (Å²) in [5.41, 5.74) is 4.46. The van der Waals surface area contributed by atoms with Gasteiger partial charge in [-0.25, -0.2) is 0 Å². The highest BCUT2D eigenvalue weighted by molar-refractivity contribution is 6.51. The van der Waals surface area contributed by atoms with Crippen molar-refractivity contribution in [2.75, 3.05) is 37.1 Å². The number of rotatable bonds is 4.